The van der Waals surface area contributed by atoms with E-state index in [4.69, 9.17) is 15.5 Å². The number of hydrogen-bond donors (Lipinski definition) is 6. The number of aliphatic hydroxyl groups is 1. The molecule has 31 heavy (non-hydrogen) atoms. The summed E-state index contributed by atoms with van der Waals surface area (Å²) in [6.07, 6.45) is 2.95. The van der Waals surface area contributed by atoms with Gasteiger partial charge in [0.2, 0.25) is 0 Å². The Balaban J connectivity index is 1.70. The van der Waals surface area contributed by atoms with Crippen LogP contribution in [0.5, 0.6) is 0 Å². The van der Waals surface area contributed by atoms with Crippen molar-refractivity contribution >= 4 is 40.3 Å². The molecule has 3 rings (SSSR count). The molecule has 0 aliphatic heterocycles. The minimum Gasteiger partial charge on any atom is -0.396 e. The highest BCUT2D eigenvalue weighted by atomic mass is 31.3. The van der Waals surface area contributed by atoms with Crippen molar-refractivity contribution in [2.75, 3.05) is 18.9 Å². The van der Waals surface area contributed by atoms with Crippen molar-refractivity contribution in [3.63, 3.8) is 0 Å². The van der Waals surface area contributed by atoms with Gasteiger partial charge in [-0.1, -0.05) is 6.58 Å². The van der Waals surface area contributed by atoms with Gasteiger partial charge in [-0.3, -0.25) is 4.52 Å². The standard InChI is InChI=1S/C13H19N4O11P3/c1-7-10(5-26-30(22,23)28-31(24,25)27-29(19,20)21)9(4-18)11(7)17-3-2-8-12(14)15-6-16-13(8)17/h2-3,6,9-11,18H,1,4-5H2,(H,22,23)(H,24,25)(H2,14,15,16)(H2,19,20,21)/t9-,10+,11-/m1/s1. The Bertz CT molecular complexity index is 1150. The molecule has 172 valence electrons. The van der Waals surface area contributed by atoms with Gasteiger partial charge in [0.15, 0.2) is 0 Å². The largest absolute Gasteiger partial charge is 0.490 e. The molecule has 1 fully saturated rings. The third-order valence-corrected chi connectivity index (χ3v) is 8.46. The summed E-state index contributed by atoms with van der Waals surface area (Å²) in [6.45, 7) is 2.98. The lowest BCUT2D eigenvalue weighted by Crippen LogP contribution is -2.45. The molecule has 5 atom stereocenters. The van der Waals surface area contributed by atoms with Crippen LogP contribution in [-0.4, -0.2) is 52.4 Å². The predicted molar refractivity (Wildman–Crippen MR) is 104 cm³/mol. The first-order valence-corrected chi connectivity index (χ1v) is 12.9. The van der Waals surface area contributed by atoms with Crippen LogP contribution in [0.4, 0.5) is 5.82 Å². The van der Waals surface area contributed by atoms with Crippen LogP contribution >= 0.6 is 23.5 Å². The third kappa shape index (κ3) is 5.30. The molecule has 7 N–H and O–H groups in total. The highest BCUT2D eigenvalue weighted by Gasteiger charge is 2.48. The molecular weight excluding hydrogens is 481 g/mol. The zero-order valence-electron chi connectivity index (χ0n) is 15.5. The van der Waals surface area contributed by atoms with Crippen LogP contribution in [0.25, 0.3) is 11.0 Å². The summed E-state index contributed by atoms with van der Waals surface area (Å²) >= 11 is 0. The van der Waals surface area contributed by atoms with Crippen LogP contribution in [0.2, 0.25) is 0 Å². The lowest BCUT2D eigenvalue weighted by molar-refractivity contribution is 0.0502. The van der Waals surface area contributed by atoms with Gasteiger partial charge in [-0.25, -0.2) is 23.7 Å². The fourth-order valence-electron chi connectivity index (χ4n) is 3.41. The molecule has 2 unspecified atom stereocenters. The fourth-order valence-corrected chi connectivity index (χ4v) is 6.45. The molecule has 0 bridgehead atoms. The first-order valence-electron chi connectivity index (χ1n) is 8.39. The quantitative estimate of drug-likeness (QED) is 0.205. The summed E-state index contributed by atoms with van der Waals surface area (Å²) in [6, 6.07) is 1.23. The molecule has 0 amide bonds. The van der Waals surface area contributed by atoms with Crippen molar-refractivity contribution in [2.24, 2.45) is 11.8 Å². The van der Waals surface area contributed by atoms with Crippen LogP contribution < -0.4 is 5.73 Å². The second-order valence-electron chi connectivity index (χ2n) is 6.58. The molecule has 1 aliphatic rings. The minimum atomic E-state index is -5.61. The van der Waals surface area contributed by atoms with Gasteiger partial charge < -0.3 is 35.0 Å². The Morgan fingerprint density at radius 2 is 1.81 bits per heavy atom. The molecular formula is C13H19N4O11P3. The van der Waals surface area contributed by atoms with Crippen molar-refractivity contribution in [1.82, 2.24) is 14.5 Å². The molecule has 0 saturated heterocycles. The van der Waals surface area contributed by atoms with Crippen molar-refractivity contribution in [2.45, 2.75) is 6.04 Å². The number of rotatable bonds is 9. The van der Waals surface area contributed by atoms with Crippen molar-refractivity contribution in [1.29, 1.82) is 0 Å². The number of phosphoric ester groups is 1. The summed E-state index contributed by atoms with van der Waals surface area (Å²) in [4.78, 5) is 43.9. The minimum absolute atomic E-state index is 0.262. The van der Waals surface area contributed by atoms with E-state index in [-0.39, 0.29) is 12.4 Å². The van der Waals surface area contributed by atoms with E-state index in [1.807, 2.05) is 0 Å². The number of nitrogens with two attached hydrogens (primary N) is 1. The second-order valence-corrected chi connectivity index (χ2v) is 11.0. The maximum atomic E-state index is 11.9. The molecule has 1 saturated carbocycles. The van der Waals surface area contributed by atoms with Gasteiger partial charge >= 0.3 is 23.5 Å². The van der Waals surface area contributed by atoms with Crippen molar-refractivity contribution in [3.05, 3.63) is 30.7 Å². The average molecular weight is 500 g/mol. The SMILES string of the molecule is C=C1[C@@H](n2ccc3c(N)ncnc32)[C@H](CO)[C@H]1COP(=O)(O)OP(=O)(O)OP(=O)(O)O. The van der Waals surface area contributed by atoms with Crippen LogP contribution in [0.15, 0.2) is 30.7 Å². The normalized spacial score (nSPS) is 25.7. The molecule has 0 aromatic carbocycles. The number of phosphoric acid groups is 3. The predicted octanol–water partition coefficient (Wildman–Crippen LogP) is 0.692. The van der Waals surface area contributed by atoms with E-state index < -0.39 is 48.0 Å². The maximum Gasteiger partial charge on any atom is 0.490 e. The molecule has 2 heterocycles. The lowest BCUT2D eigenvalue weighted by atomic mass is 9.66. The highest BCUT2D eigenvalue weighted by Crippen LogP contribution is 2.66. The maximum absolute atomic E-state index is 11.9. The van der Waals surface area contributed by atoms with Gasteiger partial charge in [-0.2, -0.15) is 8.62 Å². The summed E-state index contributed by atoms with van der Waals surface area (Å²) in [7, 11) is -16.4. The molecule has 0 spiro atoms. The van der Waals surface area contributed by atoms with Crippen LogP contribution in [0.1, 0.15) is 6.04 Å². The van der Waals surface area contributed by atoms with Gasteiger partial charge in [0.1, 0.15) is 17.8 Å². The van der Waals surface area contributed by atoms with Gasteiger partial charge in [0.25, 0.3) is 0 Å². The Morgan fingerprint density at radius 3 is 2.42 bits per heavy atom. The molecule has 2 aromatic heterocycles. The van der Waals surface area contributed by atoms with Crippen molar-refractivity contribution in [3.8, 4) is 0 Å². The molecule has 2 aromatic rings. The van der Waals surface area contributed by atoms with E-state index >= 15 is 0 Å². The van der Waals surface area contributed by atoms with Gasteiger partial charge in [0.05, 0.1) is 18.0 Å². The molecule has 18 heteroatoms. The number of fused-ring (bicyclic) bond motifs is 1. The molecule has 15 nitrogen and oxygen atoms in total. The van der Waals surface area contributed by atoms with E-state index in [2.05, 4.69) is 29.7 Å². The Labute approximate surface area is 174 Å². The first-order chi connectivity index (χ1) is 14.2. The molecule has 0 radical (unpaired) electrons. The summed E-state index contributed by atoms with van der Waals surface area (Å²) in [5, 5.41) is 10.4. The Hall–Kier alpha value is -1.47. The highest BCUT2D eigenvalue weighted by molar-refractivity contribution is 7.66. The summed E-state index contributed by atoms with van der Waals surface area (Å²) in [5.74, 6) is -0.929. The number of aromatic nitrogens is 3. The lowest BCUT2D eigenvalue weighted by Gasteiger charge is -2.47. The van der Waals surface area contributed by atoms with Gasteiger partial charge in [0, 0.05) is 24.6 Å². The fraction of sp³-hybridized carbons (Fsp3) is 0.385. The van der Waals surface area contributed by atoms with Gasteiger partial charge in [-0.15, -0.1) is 0 Å². The van der Waals surface area contributed by atoms with Gasteiger partial charge in [-0.05, 0) is 11.6 Å². The zero-order chi connectivity index (χ0) is 23.2. The number of aliphatic hydroxyl groups excluding tert-OH is 1. The molecule has 1 aliphatic carbocycles. The van der Waals surface area contributed by atoms with E-state index in [0.29, 0.717) is 16.6 Å². The Kier molecular flexibility index (Phi) is 6.61. The number of nitrogen functional groups attached to an aromatic ring is 1. The summed E-state index contributed by atoms with van der Waals surface area (Å²) in [5.41, 5.74) is 6.79. The Morgan fingerprint density at radius 1 is 1.13 bits per heavy atom. The van der Waals surface area contributed by atoms with Crippen LogP contribution in [0.3, 0.4) is 0 Å². The first kappa shape index (κ1) is 24.2. The van der Waals surface area contributed by atoms with Crippen LogP contribution in [0, 0.1) is 11.8 Å². The van der Waals surface area contributed by atoms with E-state index in [0.717, 1.165) is 0 Å². The number of hydrogen-bond acceptors (Lipinski definition) is 10. The smallest absolute Gasteiger partial charge is 0.396 e. The third-order valence-electron chi connectivity index (χ3n) is 4.66. The van der Waals surface area contributed by atoms with E-state index in [1.165, 1.54) is 6.33 Å². The van der Waals surface area contributed by atoms with E-state index in [1.54, 1.807) is 16.8 Å². The van der Waals surface area contributed by atoms with E-state index in [9.17, 15) is 28.6 Å². The monoisotopic (exact) mass is 500 g/mol. The van der Waals surface area contributed by atoms with Crippen LogP contribution in [-0.2, 0) is 26.8 Å². The number of nitrogens with zero attached hydrogens (tertiary/aromatic N) is 3. The van der Waals surface area contributed by atoms with Crippen molar-refractivity contribution < 1.29 is 51.5 Å². The number of anilines is 1. The second kappa shape index (κ2) is 8.47. The average Bonchev–Trinajstić information content (AvgIpc) is 3.01. The summed E-state index contributed by atoms with van der Waals surface area (Å²) < 4.78 is 47.6. The zero-order valence-corrected chi connectivity index (χ0v) is 18.2. The topological polar surface area (TPSA) is 237 Å².